The third-order valence-corrected chi connectivity index (χ3v) is 2.92. The summed E-state index contributed by atoms with van der Waals surface area (Å²) in [7, 11) is -2.27. The van der Waals surface area contributed by atoms with Crippen molar-refractivity contribution in [2.45, 2.75) is 20.0 Å². The van der Waals surface area contributed by atoms with Gasteiger partial charge in [0.1, 0.15) is 12.4 Å². The molecule has 1 unspecified atom stereocenters. The third kappa shape index (κ3) is 7.89. The highest BCUT2D eigenvalue weighted by Gasteiger charge is 2.17. The van der Waals surface area contributed by atoms with E-state index in [0.29, 0.717) is 0 Å². The van der Waals surface area contributed by atoms with Gasteiger partial charge < -0.3 is 9.47 Å². The van der Waals surface area contributed by atoms with Gasteiger partial charge in [-0.2, -0.15) is 8.42 Å². The summed E-state index contributed by atoms with van der Waals surface area (Å²) < 4.78 is 36.9. The lowest BCUT2D eigenvalue weighted by atomic mass is 10.4. The molecule has 100 valence electrons. The van der Waals surface area contributed by atoms with Gasteiger partial charge in [-0.05, 0) is 13.8 Å². The maximum absolute atomic E-state index is 11.4. The molecule has 0 fully saturated rings. The van der Waals surface area contributed by atoms with Crippen molar-refractivity contribution in [3.05, 3.63) is 12.2 Å². The molecule has 0 rings (SSSR count). The fourth-order valence-electron chi connectivity index (χ4n) is 0.921. The van der Waals surface area contributed by atoms with E-state index in [1.807, 2.05) is 0 Å². The van der Waals surface area contributed by atoms with Gasteiger partial charge in [-0.1, -0.05) is 6.58 Å². The number of esters is 1. The minimum atomic E-state index is -3.71. The van der Waals surface area contributed by atoms with Gasteiger partial charge in [0.05, 0.1) is 12.7 Å². The molecule has 0 aliphatic rings. The molecule has 0 aliphatic carbocycles. The summed E-state index contributed by atoms with van der Waals surface area (Å²) >= 11 is 0. The molecule has 17 heavy (non-hydrogen) atoms. The monoisotopic (exact) mass is 266 g/mol. The van der Waals surface area contributed by atoms with E-state index in [0.717, 1.165) is 0 Å². The lowest BCUT2D eigenvalue weighted by Crippen LogP contribution is -2.24. The molecule has 0 heterocycles. The SMILES string of the molecule is C=C(C)C(=O)OCCS(=O)(=O)OC(C)COC. The van der Waals surface area contributed by atoms with Gasteiger partial charge in [0.25, 0.3) is 10.1 Å². The summed E-state index contributed by atoms with van der Waals surface area (Å²) in [5, 5.41) is 0. The number of ether oxygens (including phenoxy) is 2. The Labute approximate surface area is 102 Å². The van der Waals surface area contributed by atoms with Crippen molar-refractivity contribution in [3.63, 3.8) is 0 Å². The molecule has 1 atom stereocenters. The van der Waals surface area contributed by atoms with E-state index in [9.17, 15) is 13.2 Å². The fraction of sp³-hybridized carbons (Fsp3) is 0.700. The number of hydrogen-bond donors (Lipinski definition) is 0. The smallest absolute Gasteiger partial charge is 0.333 e. The zero-order valence-corrected chi connectivity index (χ0v) is 11.1. The second-order valence-electron chi connectivity index (χ2n) is 3.54. The predicted octanol–water partition coefficient (Wildman–Crippen LogP) is 0.487. The molecule has 0 aromatic carbocycles. The van der Waals surface area contributed by atoms with Crippen molar-refractivity contribution in [1.82, 2.24) is 0 Å². The molecule has 0 spiro atoms. The molecule has 0 aromatic rings. The van der Waals surface area contributed by atoms with Crippen molar-refractivity contribution in [2.24, 2.45) is 0 Å². The Kier molecular flexibility index (Phi) is 7.01. The number of hydrogen-bond acceptors (Lipinski definition) is 6. The highest BCUT2D eigenvalue weighted by molar-refractivity contribution is 7.86. The average Bonchev–Trinajstić information content (AvgIpc) is 2.16. The first-order valence-corrected chi connectivity index (χ1v) is 6.58. The van der Waals surface area contributed by atoms with E-state index >= 15 is 0 Å². The Bertz CT molecular complexity index is 359. The first-order chi connectivity index (χ1) is 7.78. The molecule has 6 nitrogen and oxygen atoms in total. The lowest BCUT2D eigenvalue weighted by molar-refractivity contribution is -0.138. The molecule has 0 radical (unpaired) electrons. The van der Waals surface area contributed by atoms with Gasteiger partial charge in [-0.3, -0.25) is 4.18 Å². The molecule has 0 amide bonds. The summed E-state index contributed by atoms with van der Waals surface area (Å²) in [6, 6.07) is 0. The largest absolute Gasteiger partial charge is 0.461 e. The average molecular weight is 266 g/mol. The Morgan fingerprint density at radius 1 is 1.41 bits per heavy atom. The molecule has 7 heteroatoms. The van der Waals surface area contributed by atoms with Crippen LogP contribution in [0.2, 0.25) is 0 Å². The summed E-state index contributed by atoms with van der Waals surface area (Å²) in [6.45, 7) is 6.34. The van der Waals surface area contributed by atoms with Crippen LogP contribution in [0.1, 0.15) is 13.8 Å². The van der Waals surface area contributed by atoms with Crippen LogP contribution in [0.4, 0.5) is 0 Å². The van der Waals surface area contributed by atoms with Crippen LogP contribution in [0.15, 0.2) is 12.2 Å². The van der Waals surface area contributed by atoms with E-state index in [1.54, 1.807) is 6.92 Å². The second kappa shape index (κ2) is 7.41. The van der Waals surface area contributed by atoms with Crippen LogP contribution in [0.3, 0.4) is 0 Å². The molecule has 0 N–H and O–H groups in total. The highest BCUT2D eigenvalue weighted by Crippen LogP contribution is 2.01. The second-order valence-corrected chi connectivity index (χ2v) is 5.26. The summed E-state index contributed by atoms with van der Waals surface area (Å²) in [6.07, 6.45) is -0.568. The maximum Gasteiger partial charge on any atom is 0.333 e. The van der Waals surface area contributed by atoms with E-state index in [1.165, 1.54) is 14.0 Å². The van der Waals surface area contributed by atoms with Crippen molar-refractivity contribution in [1.29, 1.82) is 0 Å². The topological polar surface area (TPSA) is 78.9 Å². The van der Waals surface area contributed by atoms with E-state index in [4.69, 9.17) is 8.92 Å². The van der Waals surface area contributed by atoms with Crippen LogP contribution in [0.5, 0.6) is 0 Å². The van der Waals surface area contributed by atoms with Crippen molar-refractivity contribution in [3.8, 4) is 0 Å². The van der Waals surface area contributed by atoms with Gasteiger partial charge >= 0.3 is 5.97 Å². The van der Waals surface area contributed by atoms with Crippen LogP contribution < -0.4 is 0 Å². The molecule has 0 aliphatic heterocycles. The standard InChI is InChI=1S/C10H18O6S/c1-8(2)10(11)15-5-6-17(12,13)16-9(3)7-14-4/h9H,1,5-7H2,2-4H3. The van der Waals surface area contributed by atoms with Gasteiger partial charge in [0.2, 0.25) is 0 Å². The maximum atomic E-state index is 11.4. The predicted molar refractivity (Wildman–Crippen MR) is 62.0 cm³/mol. The summed E-state index contributed by atoms with van der Waals surface area (Å²) in [4.78, 5) is 11.0. The fourth-order valence-corrected chi connectivity index (χ4v) is 1.86. The van der Waals surface area contributed by atoms with Crippen LogP contribution in [0, 0.1) is 0 Å². The molecule has 0 bridgehead atoms. The van der Waals surface area contributed by atoms with Crippen molar-refractivity contribution < 1.29 is 26.9 Å². The van der Waals surface area contributed by atoms with Crippen LogP contribution in [-0.2, 0) is 28.6 Å². The zero-order valence-electron chi connectivity index (χ0n) is 10.3. The number of rotatable bonds is 8. The number of carbonyl (C=O) groups excluding carboxylic acids is 1. The van der Waals surface area contributed by atoms with Gasteiger partial charge in [0.15, 0.2) is 0 Å². The van der Waals surface area contributed by atoms with Crippen LogP contribution >= 0.6 is 0 Å². The van der Waals surface area contributed by atoms with Gasteiger partial charge in [0, 0.05) is 12.7 Å². The van der Waals surface area contributed by atoms with Crippen LogP contribution in [0.25, 0.3) is 0 Å². The Balaban J connectivity index is 4.02. The van der Waals surface area contributed by atoms with E-state index < -0.39 is 22.2 Å². The first-order valence-electron chi connectivity index (χ1n) is 5.01. The van der Waals surface area contributed by atoms with E-state index in [-0.39, 0.29) is 24.5 Å². The quantitative estimate of drug-likeness (QED) is 0.361. The Morgan fingerprint density at radius 3 is 2.47 bits per heavy atom. The molecular weight excluding hydrogens is 248 g/mol. The minimum Gasteiger partial charge on any atom is -0.461 e. The number of methoxy groups -OCH3 is 1. The van der Waals surface area contributed by atoms with E-state index in [2.05, 4.69) is 11.3 Å². The van der Waals surface area contributed by atoms with Crippen LogP contribution in [-0.4, -0.2) is 46.6 Å². The lowest BCUT2D eigenvalue weighted by Gasteiger charge is -2.11. The molecule has 0 saturated carbocycles. The van der Waals surface area contributed by atoms with Gasteiger partial charge in [-0.15, -0.1) is 0 Å². The molecule has 0 aromatic heterocycles. The molecule has 0 saturated heterocycles. The summed E-state index contributed by atoms with van der Waals surface area (Å²) in [5.41, 5.74) is 0.219. The van der Waals surface area contributed by atoms with Gasteiger partial charge in [-0.25, -0.2) is 4.79 Å². The highest BCUT2D eigenvalue weighted by atomic mass is 32.2. The molecular formula is C10H18O6S. The first kappa shape index (κ1) is 16.1. The zero-order chi connectivity index (χ0) is 13.5. The van der Waals surface area contributed by atoms with Crippen molar-refractivity contribution in [2.75, 3.05) is 26.1 Å². The summed E-state index contributed by atoms with van der Waals surface area (Å²) in [5.74, 6) is -1.01. The van der Waals surface area contributed by atoms with Crippen molar-refractivity contribution >= 4 is 16.1 Å². The Morgan fingerprint density at radius 2 is 2.00 bits per heavy atom. The minimum absolute atomic E-state index is 0.171. The third-order valence-electron chi connectivity index (χ3n) is 1.63. The normalized spacial score (nSPS) is 13.1. The Hall–Kier alpha value is -0.920. The number of carbonyl (C=O) groups is 1.